The van der Waals surface area contributed by atoms with Crippen molar-refractivity contribution in [1.82, 2.24) is 14.9 Å². The zero-order chi connectivity index (χ0) is 17.4. The normalized spacial score (nSPS) is 10.0. The van der Waals surface area contributed by atoms with Crippen molar-refractivity contribution < 1.29 is 4.79 Å². The summed E-state index contributed by atoms with van der Waals surface area (Å²) in [5.74, 6) is 0.300. The molecule has 0 aliphatic carbocycles. The van der Waals surface area contributed by atoms with Crippen LogP contribution in [0, 0.1) is 11.3 Å². The molecule has 0 saturated heterocycles. The van der Waals surface area contributed by atoms with E-state index < -0.39 is 0 Å². The lowest BCUT2D eigenvalue weighted by atomic mass is 10.2. The summed E-state index contributed by atoms with van der Waals surface area (Å²) in [7, 11) is 0. The first kappa shape index (κ1) is 17.4. The van der Waals surface area contributed by atoms with E-state index in [9.17, 15) is 4.79 Å². The number of nitriles is 1. The number of nitrogens with one attached hydrogen (secondary N) is 1. The average molecular weight is 323 g/mol. The highest BCUT2D eigenvalue weighted by atomic mass is 16.2. The molecule has 2 aromatic rings. The summed E-state index contributed by atoms with van der Waals surface area (Å²) in [5, 5.41) is 12.1. The van der Waals surface area contributed by atoms with Gasteiger partial charge in [0.05, 0.1) is 16.8 Å². The zero-order valence-corrected chi connectivity index (χ0v) is 14.0. The molecule has 0 radical (unpaired) electrons. The molecule has 1 aromatic heterocycles. The fraction of sp³-hybridized carbons (Fsp3) is 0.333. The molecule has 0 saturated carbocycles. The maximum absolute atomic E-state index is 12.5. The average Bonchev–Trinajstić information content (AvgIpc) is 2.62. The highest BCUT2D eigenvalue weighted by Crippen LogP contribution is 2.17. The van der Waals surface area contributed by atoms with Gasteiger partial charge in [-0.2, -0.15) is 5.26 Å². The standard InChI is InChI=1S/C18H21N5O/c1-3-9-23(10-4-2)17(24)15-12-20-18(21-13-15)22-16-8-6-5-7-14(16)11-19/h5-8,12-13H,3-4,9-10H2,1-2H3,(H,20,21,22). The van der Waals surface area contributed by atoms with Crippen molar-refractivity contribution in [2.24, 2.45) is 0 Å². The molecule has 1 heterocycles. The van der Waals surface area contributed by atoms with Gasteiger partial charge in [0.2, 0.25) is 5.95 Å². The molecular formula is C18H21N5O. The third-order valence-corrected chi connectivity index (χ3v) is 3.47. The van der Waals surface area contributed by atoms with E-state index in [4.69, 9.17) is 5.26 Å². The zero-order valence-electron chi connectivity index (χ0n) is 14.0. The second-order valence-corrected chi connectivity index (χ2v) is 5.37. The van der Waals surface area contributed by atoms with Gasteiger partial charge in [-0.3, -0.25) is 4.79 Å². The second kappa shape index (κ2) is 8.63. The number of hydrogen-bond acceptors (Lipinski definition) is 5. The third-order valence-electron chi connectivity index (χ3n) is 3.47. The topological polar surface area (TPSA) is 81.9 Å². The van der Waals surface area contributed by atoms with Crippen molar-refractivity contribution in [3.05, 3.63) is 47.8 Å². The molecule has 1 aromatic carbocycles. The van der Waals surface area contributed by atoms with Crippen LogP contribution in [0.25, 0.3) is 0 Å². The van der Waals surface area contributed by atoms with Crippen LogP contribution in [0.4, 0.5) is 11.6 Å². The summed E-state index contributed by atoms with van der Waals surface area (Å²) in [4.78, 5) is 22.7. The number of hydrogen-bond donors (Lipinski definition) is 1. The highest BCUT2D eigenvalue weighted by molar-refractivity contribution is 5.93. The Hall–Kier alpha value is -2.94. The summed E-state index contributed by atoms with van der Waals surface area (Å²) >= 11 is 0. The number of amides is 1. The van der Waals surface area contributed by atoms with Gasteiger partial charge in [0.25, 0.3) is 5.91 Å². The molecule has 24 heavy (non-hydrogen) atoms. The molecule has 0 fully saturated rings. The second-order valence-electron chi connectivity index (χ2n) is 5.37. The van der Waals surface area contributed by atoms with Crippen molar-refractivity contribution in [1.29, 1.82) is 5.26 Å². The van der Waals surface area contributed by atoms with E-state index >= 15 is 0 Å². The van der Waals surface area contributed by atoms with E-state index in [1.54, 1.807) is 18.2 Å². The molecule has 1 amide bonds. The van der Waals surface area contributed by atoms with Crippen molar-refractivity contribution >= 4 is 17.5 Å². The van der Waals surface area contributed by atoms with Gasteiger partial charge < -0.3 is 10.2 Å². The van der Waals surface area contributed by atoms with Crippen LogP contribution in [-0.2, 0) is 0 Å². The van der Waals surface area contributed by atoms with Crippen molar-refractivity contribution in [3.63, 3.8) is 0 Å². The van der Waals surface area contributed by atoms with Gasteiger partial charge in [0.15, 0.2) is 0 Å². The highest BCUT2D eigenvalue weighted by Gasteiger charge is 2.15. The molecule has 0 aliphatic heterocycles. The molecule has 0 aliphatic rings. The molecule has 1 N–H and O–H groups in total. The lowest BCUT2D eigenvalue weighted by Crippen LogP contribution is -2.32. The number of anilines is 2. The number of carbonyl (C=O) groups is 1. The number of nitrogens with zero attached hydrogens (tertiary/aromatic N) is 4. The summed E-state index contributed by atoms with van der Waals surface area (Å²) in [5.41, 5.74) is 1.62. The van der Waals surface area contributed by atoms with Crippen LogP contribution in [0.3, 0.4) is 0 Å². The molecule has 0 spiro atoms. The van der Waals surface area contributed by atoms with Gasteiger partial charge in [0.1, 0.15) is 6.07 Å². The predicted octanol–water partition coefficient (Wildman–Crippen LogP) is 3.35. The fourth-order valence-corrected chi connectivity index (χ4v) is 2.35. The summed E-state index contributed by atoms with van der Waals surface area (Å²) in [6.45, 7) is 5.54. The first-order valence-corrected chi connectivity index (χ1v) is 8.07. The van der Waals surface area contributed by atoms with Gasteiger partial charge >= 0.3 is 0 Å². The third kappa shape index (κ3) is 4.29. The van der Waals surface area contributed by atoms with E-state index in [0.29, 0.717) is 22.8 Å². The monoisotopic (exact) mass is 323 g/mol. The van der Waals surface area contributed by atoms with Crippen LogP contribution in [0.15, 0.2) is 36.7 Å². The quantitative estimate of drug-likeness (QED) is 0.845. The molecular weight excluding hydrogens is 302 g/mol. The van der Waals surface area contributed by atoms with Crippen LogP contribution in [-0.4, -0.2) is 33.9 Å². The molecule has 6 heteroatoms. The Morgan fingerprint density at radius 3 is 2.38 bits per heavy atom. The predicted molar refractivity (Wildman–Crippen MR) is 93.0 cm³/mol. The Kier molecular flexibility index (Phi) is 6.26. The van der Waals surface area contributed by atoms with Crippen LogP contribution in [0.1, 0.15) is 42.6 Å². The SMILES string of the molecule is CCCN(CCC)C(=O)c1cnc(Nc2ccccc2C#N)nc1. The number of carbonyl (C=O) groups excluding carboxylic acids is 1. The molecule has 0 bridgehead atoms. The van der Waals surface area contributed by atoms with Gasteiger partial charge in [0, 0.05) is 25.5 Å². The Morgan fingerprint density at radius 2 is 1.79 bits per heavy atom. The molecule has 2 rings (SSSR count). The number of aromatic nitrogens is 2. The van der Waals surface area contributed by atoms with Gasteiger partial charge in [-0.25, -0.2) is 9.97 Å². The summed E-state index contributed by atoms with van der Waals surface area (Å²) in [6.07, 6.45) is 4.87. The first-order valence-electron chi connectivity index (χ1n) is 8.07. The van der Waals surface area contributed by atoms with E-state index in [1.165, 1.54) is 12.4 Å². The van der Waals surface area contributed by atoms with Gasteiger partial charge in [-0.15, -0.1) is 0 Å². The Bertz CT molecular complexity index is 715. The van der Waals surface area contributed by atoms with Crippen molar-refractivity contribution in [2.75, 3.05) is 18.4 Å². The van der Waals surface area contributed by atoms with Crippen LogP contribution >= 0.6 is 0 Å². The number of para-hydroxylation sites is 1. The molecule has 0 unspecified atom stereocenters. The van der Waals surface area contributed by atoms with Crippen LogP contribution in [0.2, 0.25) is 0 Å². The molecule has 124 valence electrons. The van der Waals surface area contributed by atoms with Crippen molar-refractivity contribution in [3.8, 4) is 6.07 Å². The van der Waals surface area contributed by atoms with E-state index in [0.717, 1.165) is 25.9 Å². The maximum Gasteiger partial charge on any atom is 0.256 e. The maximum atomic E-state index is 12.5. The lowest BCUT2D eigenvalue weighted by molar-refractivity contribution is 0.0754. The molecule has 0 atom stereocenters. The lowest BCUT2D eigenvalue weighted by Gasteiger charge is -2.21. The summed E-state index contributed by atoms with van der Waals surface area (Å²) < 4.78 is 0. The Morgan fingerprint density at radius 1 is 1.17 bits per heavy atom. The van der Waals surface area contributed by atoms with Gasteiger partial charge in [-0.05, 0) is 25.0 Å². The Balaban J connectivity index is 2.12. The summed E-state index contributed by atoms with van der Waals surface area (Å²) in [6, 6.07) is 9.23. The number of rotatable bonds is 7. The van der Waals surface area contributed by atoms with E-state index in [-0.39, 0.29) is 5.91 Å². The molecule has 6 nitrogen and oxygen atoms in total. The minimum absolute atomic E-state index is 0.0531. The van der Waals surface area contributed by atoms with Gasteiger partial charge in [-0.1, -0.05) is 26.0 Å². The van der Waals surface area contributed by atoms with Crippen LogP contribution in [0.5, 0.6) is 0 Å². The van der Waals surface area contributed by atoms with Crippen molar-refractivity contribution in [2.45, 2.75) is 26.7 Å². The van der Waals surface area contributed by atoms with E-state index in [2.05, 4.69) is 21.4 Å². The van der Waals surface area contributed by atoms with Crippen LogP contribution < -0.4 is 5.32 Å². The van der Waals surface area contributed by atoms with E-state index in [1.807, 2.05) is 24.8 Å². The largest absolute Gasteiger partial charge is 0.339 e. The first-order chi connectivity index (χ1) is 11.7. The number of benzene rings is 1. The minimum atomic E-state index is -0.0531. The fourth-order valence-electron chi connectivity index (χ4n) is 2.35. The smallest absolute Gasteiger partial charge is 0.256 e. The Labute approximate surface area is 142 Å². The minimum Gasteiger partial charge on any atom is -0.339 e.